The fourth-order valence-corrected chi connectivity index (χ4v) is 5.42. The number of benzene rings is 4. The van der Waals surface area contributed by atoms with Crippen LogP contribution in [0.2, 0.25) is 0 Å². The molecule has 0 nitrogen and oxygen atoms in total. The highest BCUT2D eigenvalue weighted by molar-refractivity contribution is 6.18. The lowest BCUT2D eigenvalue weighted by Gasteiger charge is -2.20. The molecule has 0 aliphatic heterocycles. The zero-order valence-corrected chi connectivity index (χ0v) is 17.9. The Balaban J connectivity index is 1.71. The van der Waals surface area contributed by atoms with Crippen molar-refractivity contribution in [3.05, 3.63) is 107 Å². The molecule has 2 aliphatic rings. The summed E-state index contributed by atoms with van der Waals surface area (Å²) in [5.41, 5.74) is 8.83. The quantitative estimate of drug-likeness (QED) is 0.255. The Morgan fingerprint density at radius 1 is 0.767 bits per heavy atom. The Morgan fingerprint density at radius 3 is 2.30 bits per heavy atom. The maximum atomic E-state index is 2.46. The third kappa shape index (κ3) is 2.46. The van der Waals surface area contributed by atoms with Gasteiger partial charge in [-0.2, -0.15) is 0 Å². The first-order chi connectivity index (χ1) is 14.5. The fraction of sp³-hybridized carbons (Fsp3) is 0.200. The molecule has 30 heavy (non-hydrogen) atoms. The Hall–Kier alpha value is -3.12. The van der Waals surface area contributed by atoms with Crippen LogP contribution in [0.25, 0.3) is 32.7 Å². The zero-order chi connectivity index (χ0) is 20.5. The molecule has 0 N–H and O–H groups in total. The maximum Gasteiger partial charge on any atom is 0.0214 e. The van der Waals surface area contributed by atoms with Crippen LogP contribution in [0.15, 0.2) is 90.5 Å². The van der Waals surface area contributed by atoms with Crippen molar-refractivity contribution in [3.63, 3.8) is 0 Å². The highest BCUT2D eigenvalue weighted by Gasteiger charge is 2.27. The molecular formula is C30H26. The van der Waals surface area contributed by atoms with Crippen molar-refractivity contribution < 1.29 is 0 Å². The minimum Gasteiger partial charge on any atom is -0.0729 e. The van der Waals surface area contributed by atoms with E-state index >= 15 is 0 Å². The van der Waals surface area contributed by atoms with Crippen molar-refractivity contribution in [2.45, 2.75) is 33.1 Å². The van der Waals surface area contributed by atoms with Crippen molar-refractivity contribution in [2.24, 2.45) is 5.41 Å². The molecule has 0 fully saturated rings. The lowest BCUT2D eigenvalue weighted by molar-refractivity contribution is 0.517. The molecule has 0 bridgehead atoms. The second-order valence-corrected chi connectivity index (χ2v) is 9.76. The summed E-state index contributed by atoms with van der Waals surface area (Å²) in [6.45, 7) is 6.90. The van der Waals surface area contributed by atoms with Gasteiger partial charge in [0.15, 0.2) is 0 Å². The van der Waals surface area contributed by atoms with Crippen molar-refractivity contribution in [2.75, 3.05) is 0 Å². The van der Waals surface area contributed by atoms with E-state index in [2.05, 4.69) is 106 Å². The Bertz CT molecular complexity index is 1390. The van der Waals surface area contributed by atoms with Crippen LogP contribution in [-0.4, -0.2) is 0 Å². The fourth-order valence-electron chi connectivity index (χ4n) is 5.42. The van der Waals surface area contributed by atoms with E-state index in [1.165, 1.54) is 54.9 Å². The smallest absolute Gasteiger partial charge is 0.0214 e. The van der Waals surface area contributed by atoms with Crippen LogP contribution in [0.3, 0.4) is 0 Å². The molecule has 2 aliphatic carbocycles. The molecule has 0 saturated heterocycles. The first-order valence-corrected chi connectivity index (χ1v) is 11.0. The third-order valence-electron chi connectivity index (χ3n) is 6.91. The Kier molecular flexibility index (Phi) is 3.65. The predicted molar refractivity (Wildman–Crippen MR) is 129 cm³/mol. The Morgan fingerprint density at radius 2 is 1.50 bits per heavy atom. The van der Waals surface area contributed by atoms with Crippen LogP contribution >= 0.6 is 0 Å². The van der Waals surface area contributed by atoms with E-state index in [-0.39, 0.29) is 5.41 Å². The van der Waals surface area contributed by atoms with Crippen molar-refractivity contribution >= 4 is 21.5 Å². The molecule has 0 heterocycles. The molecular weight excluding hydrogens is 360 g/mol. The highest BCUT2D eigenvalue weighted by atomic mass is 14.3. The maximum absolute atomic E-state index is 2.46. The Labute approximate surface area is 178 Å². The number of hydrogen-bond donors (Lipinski definition) is 0. The average molecular weight is 387 g/mol. The van der Waals surface area contributed by atoms with Crippen molar-refractivity contribution in [1.29, 1.82) is 0 Å². The summed E-state index contributed by atoms with van der Waals surface area (Å²) in [5, 5.41) is 5.62. The van der Waals surface area contributed by atoms with Gasteiger partial charge in [0.2, 0.25) is 0 Å². The lowest BCUT2D eigenvalue weighted by Crippen LogP contribution is -2.06. The second kappa shape index (κ2) is 6.19. The van der Waals surface area contributed by atoms with Gasteiger partial charge in [-0.25, -0.2) is 0 Å². The summed E-state index contributed by atoms with van der Waals surface area (Å²) >= 11 is 0. The molecule has 146 valence electrons. The second-order valence-electron chi connectivity index (χ2n) is 9.76. The molecule has 1 atom stereocenters. The van der Waals surface area contributed by atoms with Gasteiger partial charge in [-0.15, -0.1) is 0 Å². The number of hydrogen-bond acceptors (Lipinski definition) is 0. The van der Waals surface area contributed by atoms with Crippen LogP contribution < -0.4 is 0 Å². The van der Waals surface area contributed by atoms with Crippen molar-refractivity contribution in [3.8, 4) is 11.1 Å². The lowest BCUT2D eigenvalue weighted by atomic mass is 9.84. The standard InChI is InChI=1S/C30H26/c1-30(2,3)21-16-15-20(17-21)23-13-8-14-26-28(23)25-12-7-6-11-24(25)27-18-19-9-4-5-10-22(19)29(26)27/h4-17,20H,18H2,1-3H3. The topological polar surface area (TPSA) is 0 Å². The molecule has 0 saturated carbocycles. The highest BCUT2D eigenvalue weighted by Crippen LogP contribution is 2.48. The van der Waals surface area contributed by atoms with E-state index in [4.69, 9.17) is 0 Å². The van der Waals surface area contributed by atoms with Gasteiger partial charge in [-0.05, 0) is 66.8 Å². The summed E-state index contributed by atoms with van der Waals surface area (Å²) in [4.78, 5) is 0. The van der Waals surface area contributed by atoms with Gasteiger partial charge in [0.1, 0.15) is 0 Å². The van der Waals surface area contributed by atoms with Gasteiger partial charge in [0.05, 0.1) is 0 Å². The monoisotopic (exact) mass is 386 g/mol. The summed E-state index contributed by atoms with van der Waals surface area (Å²) in [6.07, 6.45) is 8.20. The van der Waals surface area contributed by atoms with Gasteiger partial charge in [-0.1, -0.05) is 106 Å². The summed E-state index contributed by atoms with van der Waals surface area (Å²) in [6, 6.07) is 24.9. The first-order valence-electron chi connectivity index (χ1n) is 11.0. The van der Waals surface area contributed by atoms with Gasteiger partial charge in [-0.3, -0.25) is 0 Å². The van der Waals surface area contributed by atoms with E-state index < -0.39 is 0 Å². The molecule has 4 aromatic rings. The first kappa shape index (κ1) is 17.7. The zero-order valence-electron chi connectivity index (χ0n) is 17.9. The molecule has 6 rings (SSSR count). The number of rotatable bonds is 1. The molecule has 0 heteroatoms. The number of fused-ring (bicyclic) bond motifs is 8. The van der Waals surface area contributed by atoms with Gasteiger partial charge >= 0.3 is 0 Å². The van der Waals surface area contributed by atoms with E-state index in [1.807, 2.05) is 0 Å². The minimum absolute atomic E-state index is 0.179. The number of allylic oxidation sites excluding steroid dienone is 4. The minimum atomic E-state index is 0.179. The van der Waals surface area contributed by atoms with Gasteiger partial charge < -0.3 is 0 Å². The van der Waals surface area contributed by atoms with Crippen LogP contribution in [0.4, 0.5) is 0 Å². The molecule has 4 aromatic carbocycles. The summed E-state index contributed by atoms with van der Waals surface area (Å²) in [5.74, 6) is 0.334. The van der Waals surface area contributed by atoms with Crippen LogP contribution in [0.5, 0.6) is 0 Å². The molecule has 0 amide bonds. The normalized spacial score (nSPS) is 17.4. The van der Waals surface area contributed by atoms with Gasteiger partial charge in [0.25, 0.3) is 0 Å². The van der Waals surface area contributed by atoms with E-state index in [9.17, 15) is 0 Å². The van der Waals surface area contributed by atoms with Crippen LogP contribution in [0, 0.1) is 5.41 Å². The molecule has 1 unspecified atom stereocenters. The SMILES string of the molecule is CC(C)(C)C1=CC(c2cccc3c4c(c5ccccc5c23)Cc2ccccc2-4)C=C1. The van der Waals surface area contributed by atoms with Crippen LogP contribution in [-0.2, 0) is 6.42 Å². The van der Waals surface area contributed by atoms with Crippen molar-refractivity contribution in [1.82, 2.24) is 0 Å². The molecule has 0 aromatic heterocycles. The molecule has 0 radical (unpaired) electrons. The summed E-state index contributed by atoms with van der Waals surface area (Å²) in [7, 11) is 0. The predicted octanol–water partition coefficient (Wildman–Crippen LogP) is 8.19. The van der Waals surface area contributed by atoms with Gasteiger partial charge in [0, 0.05) is 5.92 Å². The summed E-state index contributed by atoms with van der Waals surface area (Å²) < 4.78 is 0. The largest absolute Gasteiger partial charge is 0.0729 e. The van der Waals surface area contributed by atoms with E-state index in [0.29, 0.717) is 5.92 Å². The van der Waals surface area contributed by atoms with Crippen LogP contribution in [0.1, 0.15) is 43.4 Å². The third-order valence-corrected chi connectivity index (χ3v) is 6.91. The molecule has 0 spiro atoms. The average Bonchev–Trinajstić information content (AvgIpc) is 3.39. The van der Waals surface area contributed by atoms with E-state index in [0.717, 1.165) is 6.42 Å². The van der Waals surface area contributed by atoms with E-state index in [1.54, 1.807) is 0 Å².